The van der Waals surface area contributed by atoms with Crippen LogP contribution in [-0.4, -0.2) is 22.2 Å². The van der Waals surface area contributed by atoms with Gasteiger partial charge in [0.1, 0.15) is 5.01 Å². The fourth-order valence-corrected chi connectivity index (χ4v) is 3.48. The van der Waals surface area contributed by atoms with E-state index in [0.717, 1.165) is 25.8 Å². The molecule has 1 aliphatic carbocycles. The lowest BCUT2D eigenvalue weighted by atomic mass is 9.97. The lowest BCUT2D eigenvalue weighted by Crippen LogP contribution is -2.45. The van der Waals surface area contributed by atoms with Gasteiger partial charge in [0.15, 0.2) is 0 Å². The summed E-state index contributed by atoms with van der Waals surface area (Å²) >= 11 is 1.84. The maximum absolute atomic E-state index is 9.43. The van der Waals surface area contributed by atoms with E-state index < -0.39 is 0 Å². The Morgan fingerprint density at radius 1 is 1.47 bits per heavy atom. The van der Waals surface area contributed by atoms with E-state index in [1.807, 2.05) is 11.3 Å². The van der Waals surface area contributed by atoms with E-state index in [1.165, 1.54) is 28.4 Å². The number of hydrogen-bond acceptors (Lipinski definition) is 4. The van der Waals surface area contributed by atoms with Gasteiger partial charge in [0.2, 0.25) is 0 Å². The summed E-state index contributed by atoms with van der Waals surface area (Å²) in [6.07, 6.45) is 5.70. The topological polar surface area (TPSA) is 45.1 Å². The van der Waals surface area contributed by atoms with Crippen molar-refractivity contribution < 1.29 is 5.11 Å². The Bertz CT molecular complexity index is 356. The van der Waals surface area contributed by atoms with Gasteiger partial charge in [0.25, 0.3) is 0 Å². The van der Waals surface area contributed by atoms with Gasteiger partial charge < -0.3 is 10.4 Å². The Labute approximate surface area is 107 Å². The maximum atomic E-state index is 9.43. The van der Waals surface area contributed by atoms with E-state index in [2.05, 4.69) is 24.1 Å². The fourth-order valence-electron chi connectivity index (χ4n) is 2.38. The van der Waals surface area contributed by atoms with Gasteiger partial charge in [0.05, 0.1) is 12.3 Å². The van der Waals surface area contributed by atoms with Crippen molar-refractivity contribution in [1.82, 2.24) is 10.3 Å². The highest BCUT2D eigenvalue weighted by atomic mass is 32.1. The quantitative estimate of drug-likeness (QED) is 0.818. The molecule has 2 rings (SSSR count). The van der Waals surface area contributed by atoms with E-state index in [4.69, 9.17) is 0 Å². The average molecular weight is 254 g/mol. The minimum Gasteiger partial charge on any atom is -0.394 e. The summed E-state index contributed by atoms with van der Waals surface area (Å²) in [4.78, 5) is 6.14. The Morgan fingerprint density at radius 2 is 2.29 bits per heavy atom. The second kappa shape index (κ2) is 5.46. The summed E-state index contributed by atoms with van der Waals surface area (Å²) in [5.41, 5.74) is 1.15. The number of hydrogen-bond donors (Lipinski definition) is 2. The van der Waals surface area contributed by atoms with Crippen molar-refractivity contribution in [1.29, 1.82) is 0 Å². The molecule has 17 heavy (non-hydrogen) atoms. The molecule has 1 aliphatic rings. The number of aryl methyl sites for hydroxylation is 2. The van der Waals surface area contributed by atoms with E-state index in [1.54, 1.807) is 0 Å². The number of nitrogens with zero attached hydrogens (tertiary/aromatic N) is 1. The third-order valence-electron chi connectivity index (χ3n) is 3.46. The van der Waals surface area contributed by atoms with Crippen LogP contribution in [0.1, 0.15) is 48.7 Å². The van der Waals surface area contributed by atoms with Crippen molar-refractivity contribution >= 4 is 11.3 Å². The first-order valence-electron chi connectivity index (χ1n) is 6.50. The molecule has 0 amide bonds. The van der Waals surface area contributed by atoms with Crippen LogP contribution in [0.2, 0.25) is 0 Å². The molecular weight excluding hydrogens is 232 g/mol. The molecule has 2 N–H and O–H groups in total. The minimum atomic E-state index is -0.162. The molecule has 1 aromatic heterocycles. The van der Waals surface area contributed by atoms with Crippen LogP contribution in [0.3, 0.4) is 0 Å². The van der Waals surface area contributed by atoms with Crippen LogP contribution in [0.15, 0.2) is 0 Å². The summed E-state index contributed by atoms with van der Waals surface area (Å²) in [5, 5.41) is 14.1. The summed E-state index contributed by atoms with van der Waals surface area (Å²) in [6.45, 7) is 5.20. The Hall–Kier alpha value is -0.450. The summed E-state index contributed by atoms with van der Waals surface area (Å²) in [5.74, 6) is 0. The average Bonchev–Trinajstić information content (AvgIpc) is 2.87. The maximum Gasteiger partial charge on any atom is 0.107 e. The first kappa shape index (κ1) is 13.0. The molecule has 0 saturated heterocycles. The molecule has 0 fully saturated rings. The number of rotatable bonds is 6. The van der Waals surface area contributed by atoms with Crippen molar-refractivity contribution in [3.63, 3.8) is 0 Å². The second-order valence-corrected chi connectivity index (χ2v) is 6.32. The van der Waals surface area contributed by atoms with Crippen LogP contribution in [0.4, 0.5) is 0 Å². The molecule has 3 nitrogen and oxygen atoms in total. The molecule has 0 aromatic carbocycles. The van der Waals surface area contributed by atoms with Crippen molar-refractivity contribution in [2.75, 3.05) is 6.61 Å². The second-order valence-electron chi connectivity index (χ2n) is 5.15. The van der Waals surface area contributed by atoms with Crippen LogP contribution < -0.4 is 5.32 Å². The predicted octanol–water partition coefficient (Wildman–Crippen LogP) is 2.27. The monoisotopic (exact) mass is 254 g/mol. The Kier molecular flexibility index (Phi) is 4.17. The molecule has 0 bridgehead atoms. The lowest BCUT2D eigenvalue weighted by Gasteiger charge is -2.28. The van der Waals surface area contributed by atoms with Gasteiger partial charge in [-0.05, 0) is 32.6 Å². The van der Waals surface area contributed by atoms with Gasteiger partial charge in [-0.1, -0.05) is 13.3 Å². The highest BCUT2D eigenvalue weighted by Gasteiger charge is 2.23. The summed E-state index contributed by atoms with van der Waals surface area (Å²) < 4.78 is 0. The molecule has 4 heteroatoms. The van der Waals surface area contributed by atoms with E-state index in [-0.39, 0.29) is 12.1 Å². The molecule has 1 atom stereocenters. The van der Waals surface area contributed by atoms with Gasteiger partial charge in [-0.25, -0.2) is 4.98 Å². The summed E-state index contributed by atoms with van der Waals surface area (Å²) in [6, 6.07) is 0. The van der Waals surface area contributed by atoms with Crippen LogP contribution >= 0.6 is 11.3 Å². The fraction of sp³-hybridized carbons (Fsp3) is 0.769. The molecule has 0 spiro atoms. The molecular formula is C13H22N2OS. The molecule has 96 valence electrons. The Morgan fingerprint density at radius 3 is 2.94 bits per heavy atom. The van der Waals surface area contributed by atoms with Gasteiger partial charge in [-0.2, -0.15) is 0 Å². The number of aliphatic hydroxyl groups is 1. The normalized spacial score (nSPS) is 18.1. The van der Waals surface area contributed by atoms with Gasteiger partial charge >= 0.3 is 0 Å². The predicted molar refractivity (Wildman–Crippen MR) is 71.4 cm³/mol. The number of thiazole rings is 1. The first-order valence-corrected chi connectivity index (χ1v) is 7.32. The Balaban J connectivity index is 1.92. The zero-order valence-electron chi connectivity index (χ0n) is 10.8. The third kappa shape index (κ3) is 3.06. The molecule has 1 heterocycles. The number of nitrogens with one attached hydrogen (secondary N) is 1. The molecule has 1 unspecified atom stereocenters. The number of fused-ring (bicyclic) bond motifs is 1. The minimum absolute atomic E-state index is 0.162. The largest absolute Gasteiger partial charge is 0.394 e. The third-order valence-corrected chi connectivity index (χ3v) is 4.61. The van der Waals surface area contributed by atoms with E-state index in [0.29, 0.717) is 0 Å². The van der Waals surface area contributed by atoms with Crippen molar-refractivity contribution in [3.05, 3.63) is 15.6 Å². The standard InChI is InChI=1S/C13H22N2OS/c1-3-7-13(2,9-16)14-8-12-15-10-5-4-6-11(10)17-12/h14,16H,3-9H2,1-2H3. The smallest absolute Gasteiger partial charge is 0.107 e. The van der Waals surface area contributed by atoms with Gasteiger partial charge in [-0.3, -0.25) is 0 Å². The number of aromatic nitrogens is 1. The van der Waals surface area contributed by atoms with Gasteiger partial charge in [-0.15, -0.1) is 11.3 Å². The molecule has 1 aromatic rings. The van der Waals surface area contributed by atoms with Crippen molar-refractivity contribution in [3.8, 4) is 0 Å². The van der Waals surface area contributed by atoms with Crippen LogP contribution in [-0.2, 0) is 19.4 Å². The van der Waals surface area contributed by atoms with E-state index in [9.17, 15) is 5.11 Å². The lowest BCUT2D eigenvalue weighted by molar-refractivity contribution is 0.163. The first-order chi connectivity index (χ1) is 8.17. The highest BCUT2D eigenvalue weighted by molar-refractivity contribution is 7.11. The van der Waals surface area contributed by atoms with Crippen molar-refractivity contribution in [2.45, 2.75) is 58.0 Å². The van der Waals surface area contributed by atoms with Gasteiger partial charge in [0, 0.05) is 17.0 Å². The van der Waals surface area contributed by atoms with Crippen LogP contribution in [0, 0.1) is 0 Å². The molecule has 0 saturated carbocycles. The van der Waals surface area contributed by atoms with Crippen molar-refractivity contribution in [2.24, 2.45) is 0 Å². The SMILES string of the molecule is CCCC(C)(CO)NCc1nc2c(s1)CCC2. The van der Waals surface area contributed by atoms with Crippen LogP contribution in [0.5, 0.6) is 0 Å². The highest BCUT2D eigenvalue weighted by Crippen LogP contribution is 2.27. The van der Waals surface area contributed by atoms with E-state index >= 15 is 0 Å². The number of aliphatic hydroxyl groups excluding tert-OH is 1. The summed E-state index contributed by atoms with van der Waals surface area (Å²) in [7, 11) is 0. The molecule has 0 radical (unpaired) electrons. The zero-order valence-corrected chi connectivity index (χ0v) is 11.6. The zero-order chi connectivity index (χ0) is 12.3. The van der Waals surface area contributed by atoms with Crippen LogP contribution in [0.25, 0.3) is 0 Å². The molecule has 0 aliphatic heterocycles.